The molecular formula is C16H11BrN2O4. The smallest absolute Gasteiger partial charge is 0.335 e. The Morgan fingerprint density at radius 3 is 2.52 bits per heavy atom. The van der Waals surface area contributed by atoms with Crippen molar-refractivity contribution in [2.45, 2.75) is 6.92 Å². The number of hydrogen-bond acceptors (Lipinski definition) is 4. The molecule has 2 aromatic rings. The van der Waals surface area contributed by atoms with Gasteiger partial charge in [-0.3, -0.25) is 4.79 Å². The van der Waals surface area contributed by atoms with Gasteiger partial charge in [-0.1, -0.05) is 0 Å². The molecule has 0 bridgehead atoms. The van der Waals surface area contributed by atoms with Crippen LogP contribution in [-0.4, -0.2) is 22.7 Å². The predicted molar refractivity (Wildman–Crippen MR) is 88.4 cm³/mol. The molecule has 2 heterocycles. The number of aromatic carboxylic acids is 1. The fraction of sp³-hybridized carbons (Fsp3) is 0.0625. The third-order valence-electron chi connectivity index (χ3n) is 3.30. The molecule has 0 atom stereocenters. The van der Waals surface area contributed by atoms with Gasteiger partial charge in [0, 0.05) is 0 Å². The second kappa shape index (κ2) is 5.85. The molecular weight excluding hydrogens is 364 g/mol. The number of carbonyl (C=O) groups excluding carboxylic acids is 1. The van der Waals surface area contributed by atoms with E-state index in [1.54, 1.807) is 37.3 Å². The zero-order valence-corrected chi connectivity index (χ0v) is 13.6. The van der Waals surface area contributed by atoms with E-state index < -0.39 is 5.97 Å². The zero-order valence-electron chi connectivity index (χ0n) is 12.0. The van der Waals surface area contributed by atoms with Crippen molar-refractivity contribution in [3.8, 4) is 0 Å². The number of furan rings is 1. The van der Waals surface area contributed by atoms with Crippen molar-refractivity contribution < 1.29 is 19.1 Å². The van der Waals surface area contributed by atoms with Gasteiger partial charge in [0.15, 0.2) is 4.67 Å². The largest absolute Gasteiger partial charge is 0.478 e. The Hall–Kier alpha value is -2.67. The highest BCUT2D eigenvalue weighted by Crippen LogP contribution is 2.26. The summed E-state index contributed by atoms with van der Waals surface area (Å²) in [5, 5.41) is 14.4. The second-order valence-corrected chi connectivity index (χ2v) is 5.64. The maximum atomic E-state index is 12.5. The van der Waals surface area contributed by atoms with Gasteiger partial charge >= 0.3 is 5.97 Å². The molecule has 0 saturated carbocycles. The summed E-state index contributed by atoms with van der Waals surface area (Å²) in [6, 6.07) is 9.43. The van der Waals surface area contributed by atoms with E-state index in [0.717, 1.165) is 0 Å². The maximum absolute atomic E-state index is 12.5. The summed E-state index contributed by atoms with van der Waals surface area (Å²) >= 11 is 3.21. The van der Waals surface area contributed by atoms with Crippen LogP contribution in [-0.2, 0) is 4.79 Å². The molecule has 7 heteroatoms. The Kier molecular flexibility index (Phi) is 3.87. The maximum Gasteiger partial charge on any atom is 0.335 e. The van der Waals surface area contributed by atoms with Crippen LogP contribution in [0, 0.1) is 0 Å². The van der Waals surface area contributed by atoms with E-state index >= 15 is 0 Å². The number of carboxylic acids is 1. The highest BCUT2D eigenvalue weighted by Gasteiger charge is 2.29. The SMILES string of the molecule is CC1=NN(c2ccc(C(=O)O)cc2)C(=O)C1=Cc1ccc(Br)o1. The molecule has 0 unspecified atom stereocenters. The van der Waals surface area contributed by atoms with Crippen LogP contribution in [0.25, 0.3) is 6.08 Å². The van der Waals surface area contributed by atoms with Gasteiger partial charge in [0.25, 0.3) is 5.91 Å². The van der Waals surface area contributed by atoms with E-state index in [4.69, 9.17) is 9.52 Å². The second-order valence-electron chi connectivity index (χ2n) is 4.85. The molecule has 0 spiro atoms. The van der Waals surface area contributed by atoms with Crippen molar-refractivity contribution >= 4 is 45.3 Å². The van der Waals surface area contributed by atoms with Crippen molar-refractivity contribution in [2.75, 3.05) is 5.01 Å². The lowest BCUT2D eigenvalue weighted by Gasteiger charge is -2.11. The van der Waals surface area contributed by atoms with E-state index in [0.29, 0.717) is 27.4 Å². The number of carboxylic acid groups (broad SMARTS) is 1. The lowest BCUT2D eigenvalue weighted by molar-refractivity contribution is -0.114. The highest BCUT2D eigenvalue weighted by atomic mass is 79.9. The van der Waals surface area contributed by atoms with Gasteiger partial charge in [-0.25, -0.2) is 4.79 Å². The number of rotatable bonds is 3. The van der Waals surface area contributed by atoms with Gasteiger partial charge in [0.2, 0.25) is 0 Å². The Morgan fingerprint density at radius 1 is 1.26 bits per heavy atom. The van der Waals surface area contributed by atoms with Crippen LogP contribution in [0.5, 0.6) is 0 Å². The number of hydrazone groups is 1. The summed E-state index contributed by atoms with van der Waals surface area (Å²) in [5.74, 6) is -0.774. The number of anilines is 1. The first-order valence-corrected chi connectivity index (χ1v) is 7.45. The van der Waals surface area contributed by atoms with Crippen LogP contribution in [0.3, 0.4) is 0 Å². The minimum Gasteiger partial charge on any atom is -0.478 e. The monoisotopic (exact) mass is 374 g/mol. The first-order chi connectivity index (χ1) is 11.0. The molecule has 3 rings (SSSR count). The first-order valence-electron chi connectivity index (χ1n) is 6.66. The number of nitrogens with zero attached hydrogens (tertiary/aromatic N) is 2. The highest BCUT2D eigenvalue weighted by molar-refractivity contribution is 9.10. The van der Waals surface area contributed by atoms with Gasteiger partial charge in [0.1, 0.15) is 5.76 Å². The van der Waals surface area contributed by atoms with E-state index in [1.807, 2.05) is 0 Å². The van der Waals surface area contributed by atoms with Gasteiger partial charge in [-0.2, -0.15) is 10.1 Å². The van der Waals surface area contributed by atoms with Gasteiger partial charge < -0.3 is 9.52 Å². The van der Waals surface area contributed by atoms with Gasteiger partial charge in [-0.05, 0) is 65.3 Å². The summed E-state index contributed by atoms with van der Waals surface area (Å²) in [7, 11) is 0. The average molecular weight is 375 g/mol. The van der Waals surface area contributed by atoms with Crippen molar-refractivity contribution in [2.24, 2.45) is 5.10 Å². The molecule has 1 aromatic carbocycles. The molecule has 116 valence electrons. The van der Waals surface area contributed by atoms with Crippen LogP contribution >= 0.6 is 15.9 Å². The van der Waals surface area contributed by atoms with E-state index in [1.165, 1.54) is 17.1 Å². The number of carbonyl (C=O) groups is 2. The zero-order chi connectivity index (χ0) is 16.6. The molecule has 1 amide bonds. The van der Waals surface area contributed by atoms with Gasteiger partial charge in [0.05, 0.1) is 22.5 Å². The van der Waals surface area contributed by atoms with Crippen LogP contribution < -0.4 is 5.01 Å². The Labute approximate surface area is 139 Å². The van der Waals surface area contributed by atoms with Crippen molar-refractivity contribution in [1.82, 2.24) is 0 Å². The topological polar surface area (TPSA) is 83.1 Å². The third kappa shape index (κ3) is 2.95. The summed E-state index contributed by atoms with van der Waals surface area (Å²) in [6.45, 7) is 1.73. The minimum absolute atomic E-state index is 0.150. The van der Waals surface area contributed by atoms with Crippen molar-refractivity contribution in [3.63, 3.8) is 0 Å². The van der Waals surface area contributed by atoms with E-state index in [9.17, 15) is 9.59 Å². The number of hydrogen-bond donors (Lipinski definition) is 1. The molecule has 0 radical (unpaired) electrons. The van der Waals surface area contributed by atoms with E-state index in [2.05, 4.69) is 21.0 Å². The predicted octanol–water partition coefficient (Wildman–Crippen LogP) is 3.55. The van der Waals surface area contributed by atoms with Crippen LogP contribution in [0.4, 0.5) is 5.69 Å². The fourth-order valence-corrected chi connectivity index (χ4v) is 2.47. The molecule has 1 aromatic heterocycles. The first kappa shape index (κ1) is 15.2. The third-order valence-corrected chi connectivity index (χ3v) is 3.73. The van der Waals surface area contributed by atoms with Crippen molar-refractivity contribution in [3.05, 3.63) is 58.0 Å². The number of amides is 1. The number of benzene rings is 1. The summed E-state index contributed by atoms with van der Waals surface area (Å²) in [5.41, 5.74) is 1.64. The van der Waals surface area contributed by atoms with Gasteiger partial charge in [-0.15, -0.1) is 0 Å². The lowest BCUT2D eigenvalue weighted by Crippen LogP contribution is -2.21. The molecule has 0 saturated heterocycles. The normalized spacial score (nSPS) is 16.1. The molecule has 6 nitrogen and oxygen atoms in total. The molecule has 23 heavy (non-hydrogen) atoms. The molecule has 1 aliphatic heterocycles. The van der Waals surface area contributed by atoms with Crippen LogP contribution in [0.15, 0.2) is 56.2 Å². The van der Waals surface area contributed by atoms with E-state index in [-0.39, 0.29) is 11.5 Å². The number of halogens is 1. The van der Waals surface area contributed by atoms with Crippen LogP contribution in [0.2, 0.25) is 0 Å². The molecule has 1 N–H and O–H groups in total. The Bertz CT molecular complexity index is 849. The van der Waals surface area contributed by atoms with Crippen molar-refractivity contribution in [1.29, 1.82) is 0 Å². The molecule has 1 aliphatic rings. The molecule has 0 fully saturated rings. The quantitative estimate of drug-likeness (QED) is 0.832. The van der Waals surface area contributed by atoms with Crippen LogP contribution in [0.1, 0.15) is 23.0 Å². The molecule has 0 aliphatic carbocycles. The fourth-order valence-electron chi connectivity index (χ4n) is 2.15. The Balaban J connectivity index is 1.90. The Morgan fingerprint density at radius 2 is 1.96 bits per heavy atom. The minimum atomic E-state index is -1.02. The average Bonchev–Trinajstić information content (AvgIpc) is 3.05. The summed E-state index contributed by atoms with van der Waals surface area (Å²) < 4.78 is 5.95. The standard InChI is InChI=1S/C16H11BrN2O4/c1-9-13(8-12-6-7-14(17)23-12)15(20)19(18-9)11-4-2-10(3-5-11)16(21)22/h2-8H,1H3,(H,21,22). The summed E-state index contributed by atoms with van der Waals surface area (Å²) in [6.07, 6.45) is 1.62. The lowest BCUT2D eigenvalue weighted by atomic mass is 10.1. The summed E-state index contributed by atoms with van der Waals surface area (Å²) in [4.78, 5) is 23.4.